The van der Waals surface area contributed by atoms with E-state index in [1.54, 1.807) is 13.0 Å². The van der Waals surface area contributed by atoms with E-state index in [0.717, 1.165) is 11.3 Å². The van der Waals surface area contributed by atoms with Crippen LogP contribution in [0.4, 0.5) is 18.9 Å². The van der Waals surface area contributed by atoms with Gasteiger partial charge in [0.15, 0.2) is 0 Å². The van der Waals surface area contributed by atoms with Gasteiger partial charge in [-0.15, -0.1) is 0 Å². The first-order valence-electron chi connectivity index (χ1n) is 10.4. The molecule has 1 amide bonds. The molecule has 0 saturated carbocycles. The van der Waals surface area contributed by atoms with Gasteiger partial charge in [0, 0.05) is 24.0 Å². The van der Waals surface area contributed by atoms with Crippen molar-refractivity contribution in [2.75, 3.05) is 12.4 Å². The number of benzene rings is 1. The van der Waals surface area contributed by atoms with Crippen molar-refractivity contribution >= 4 is 12.1 Å². The number of nitrogens with one attached hydrogen (secondary N) is 2. The molecule has 33 heavy (non-hydrogen) atoms. The lowest BCUT2D eigenvalue weighted by Gasteiger charge is -2.04. The Labute approximate surface area is 193 Å². The number of aromatic nitrogens is 2. The number of rotatable bonds is 7. The maximum absolute atomic E-state index is 12.3. The number of alkyl halides is 3. The SMILES string of the molecule is C=C/C(C)=C(/C=C\C(C)C)NC.CC.Cc1ccc(-c2noc(C(F)(F)F)n2)cc1NC=O. The average molecular weight is 467 g/mol. The summed E-state index contributed by atoms with van der Waals surface area (Å²) in [6, 6.07) is 4.63. The molecule has 0 fully saturated rings. The molecule has 2 aromatic rings. The summed E-state index contributed by atoms with van der Waals surface area (Å²) in [4.78, 5) is 13.7. The summed E-state index contributed by atoms with van der Waals surface area (Å²) in [6.45, 7) is 15.8. The molecule has 0 aliphatic heterocycles. The van der Waals surface area contributed by atoms with E-state index >= 15 is 0 Å². The summed E-state index contributed by atoms with van der Waals surface area (Å²) >= 11 is 0. The van der Waals surface area contributed by atoms with Gasteiger partial charge in [-0.3, -0.25) is 4.79 Å². The molecule has 1 heterocycles. The second-order valence-corrected chi connectivity index (χ2v) is 6.87. The van der Waals surface area contributed by atoms with E-state index in [2.05, 4.69) is 57.9 Å². The van der Waals surface area contributed by atoms with Crippen LogP contribution in [0.15, 0.2) is 58.8 Å². The number of amides is 1. The van der Waals surface area contributed by atoms with Crippen molar-refractivity contribution in [1.82, 2.24) is 15.5 Å². The molecule has 2 rings (SSSR count). The van der Waals surface area contributed by atoms with E-state index in [9.17, 15) is 18.0 Å². The summed E-state index contributed by atoms with van der Waals surface area (Å²) in [6.07, 6.45) is 1.92. The molecule has 2 N–H and O–H groups in total. The molecule has 0 bridgehead atoms. The van der Waals surface area contributed by atoms with Crippen LogP contribution in [0.5, 0.6) is 0 Å². The van der Waals surface area contributed by atoms with Crippen molar-refractivity contribution in [2.24, 2.45) is 5.92 Å². The van der Waals surface area contributed by atoms with Gasteiger partial charge in [-0.2, -0.15) is 18.2 Å². The Morgan fingerprint density at radius 2 is 1.88 bits per heavy atom. The minimum Gasteiger partial charge on any atom is -0.388 e. The zero-order valence-electron chi connectivity index (χ0n) is 20.2. The smallest absolute Gasteiger partial charge is 0.388 e. The van der Waals surface area contributed by atoms with Gasteiger partial charge >= 0.3 is 12.1 Å². The summed E-state index contributed by atoms with van der Waals surface area (Å²) in [5.41, 5.74) is 3.85. The number of carbonyl (C=O) groups excluding carboxylic acids is 1. The molecule has 6 nitrogen and oxygen atoms in total. The van der Waals surface area contributed by atoms with Crippen LogP contribution in [-0.4, -0.2) is 23.6 Å². The van der Waals surface area contributed by atoms with Crippen LogP contribution in [-0.2, 0) is 11.0 Å². The van der Waals surface area contributed by atoms with E-state index in [1.807, 2.05) is 33.9 Å². The zero-order valence-corrected chi connectivity index (χ0v) is 20.2. The van der Waals surface area contributed by atoms with Gasteiger partial charge in [0.25, 0.3) is 0 Å². The van der Waals surface area contributed by atoms with Crippen molar-refractivity contribution in [3.05, 3.63) is 65.7 Å². The summed E-state index contributed by atoms with van der Waals surface area (Å²) in [5, 5.41) is 8.83. The minimum absolute atomic E-state index is 0.193. The molecule has 0 saturated heterocycles. The largest absolute Gasteiger partial charge is 0.471 e. The molecule has 9 heteroatoms. The van der Waals surface area contributed by atoms with E-state index < -0.39 is 12.1 Å². The third-order valence-electron chi connectivity index (χ3n) is 4.03. The van der Waals surface area contributed by atoms with Gasteiger partial charge in [-0.05, 0) is 43.0 Å². The van der Waals surface area contributed by atoms with Crippen LogP contribution in [0.2, 0.25) is 0 Å². The van der Waals surface area contributed by atoms with Gasteiger partial charge in [-0.25, -0.2) is 0 Å². The normalized spacial score (nSPS) is 11.6. The molecule has 182 valence electrons. The molecule has 1 aromatic carbocycles. The van der Waals surface area contributed by atoms with Crippen LogP contribution in [0.3, 0.4) is 0 Å². The summed E-state index contributed by atoms with van der Waals surface area (Å²) < 4.78 is 41.1. The van der Waals surface area contributed by atoms with Gasteiger partial charge in [-0.1, -0.05) is 63.7 Å². The van der Waals surface area contributed by atoms with Crippen molar-refractivity contribution in [3.8, 4) is 11.4 Å². The highest BCUT2D eigenvalue weighted by Crippen LogP contribution is 2.30. The zero-order chi connectivity index (χ0) is 25.6. The number of carbonyl (C=O) groups is 1. The second kappa shape index (κ2) is 14.7. The molecule has 0 atom stereocenters. The molecule has 1 aromatic heterocycles. The number of likely N-dealkylation sites (N-methyl/N-ethyl adjacent to an activating group) is 1. The Morgan fingerprint density at radius 1 is 1.24 bits per heavy atom. The molecular formula is C24H33F3N4O2. The van der Waals surface area contributed by atoms with E-state index in [-0.39, 0.29) is 5.82 Å². The molecular weight excluding hydrogens is 433 g/mol. The number of anilines is 1. The minimum atomic E-state index is -4.68. The Balaban J connectivity index is 0.000000635. The maximum atomic E-state index is 12.3. The molecule has 0 unspecified atom stereocenters. The predicted molar refractivity (Wildman–Crippen MR) is 126 cm³/mol. The highest BCUT2D eigenvalue weighted by Gasteiger charge is 2.38. The molecule has 0 aliphatic rings. The molecule has 0 aliphatic carbocycles. The van der Waals surface area contributed by atoms with Crippen molar-refractivity contribution in [3.63, 3.8) is 0 Å². The second-order valence-electron chi connectivity index (χ2n) is 6.87. The van der Waals surface area contributed by atoms with Crippen LogP contribution < -0.4 is 10.6 Å². The number of nitrogens with zero attached hydrogens (tertiary/aromatic N) is 2. The highest BCUT2D eigenvalue weighted by atomic mass is 19.4. The van der Waals surface area contributed by atoms with Crippen LogP contribution in [0, 0.1) is 12.8 Å². The Morgan fingerprint density at radius 3 is 2.33 bits per heavy atom. The summed E-state index contributed by atoms with van der Waals surface area (Å²) in [7, 11) is 1.92. The Hall–Kier alpha value is -3.36. The van der Waals surface area contributed by atoms with Crippen molar-refractivity contribution in [2.45, 2.75) is 47.7 Å². The predicted octanol–water partition coefficient (Wildman–Crippen LogP) is 6.54. The van der Waals surface area contributed by atoms with Crippen LogP contribution in [0.25, 0.3) is 11.4 Å². The first-order chi connectivity index (χ1) is 15.5. The third-order valence-corrected chi connectivity index (χ3v) is 4.03. The highest BCUT2D eigenvalue weighted by molar-refractivity contribution is 5.76. The third kappa shape index (κ3) is 10.2. The first-order valence-corrected chi connectivity index (χ1v) is 10.4. The summed E-state index contributed by atoms with van der Waals surface area (Å²) in [5.74, 6) is -1.01. The Bertz CT molecular complexity index is 945. The van der Waals surface area contributed by atoms with Crippen LogP contribution >= 0.6 is 0 Å². The van der Waals surface area contributed by atoms with Gasteiger partial charge in [0.2, 0.25) is 12.2 Å². The molecule has 0 spiro atoms. The lowest BCUT2D eigenvalue weighted by Crippen LogP contribution is -2.05. The van der Waals surface area contributed by atoms with Crippen molar-refractivity contribution < 1.29 is 22.5 Å². The lowest BCUT2D eigenvalue weighted by atomic mass is 10.1. The quantitative estimate of drug-likeness (QED) is 0.358. The Kier molecular flexibility index (Phi) is 13.2. The number of hydrogen-bond acceptors (Lipinski definition) is 5. The van der Waals surface area contributed by atoms with Gasteiger partial charge < -0.3 is 15.2 Å². The van der Waals surface area contributed by atoms with Crippen LogP contribution in [0.1, 0.15) is 46.1 Å². The average Bonchev–Trinajstić information content (AvgIpc) is 3.28. The topological polar surface area (TPSA) is 80.1 Å². The van der Waals surface area contributed by atoms with E-state index in [0.29, 0.717) is 23.6 Å². The monoisotopic (exact) mass is 466 g/mol. The van der Waals surface area contributed by atoms with Gasteiger partial charge in [0.05, 0.1) is 0 Å². The van der Waals surface area contributed by atoms with Crippen molar-refractivity contribution in [1.29, 1.82) is 0 Å². The van der Waals surface area contributed by atoms with E-state index in [1.165, 1.54) is 17.7 Å². The maximum Gasteiger partial charge on any atom is 0.471 e. The number of allylic oxidation sites excluding steroid dienone is 4. The standard InChI is InChI=1S/C11H8F3N3O2.C11H19N.C2H6/c1-6-2-3-7(4-8(6)15-5-18)9-16-10(19-17-9)11(12,13)14;1-6-10(4)11(12-5)8-7-9(2)3;1-2/h2-5H,1H3,(H,15,18);6-9,12H,1H2,2-5H3;1-2H3/b;8-7-,11-10-;. The first kappa shape index (κ1) is 29.6. The van der Waals surface area contributed by atoms with Gasteiger partial charge in [0.1, 0.15) is 0 Å². The number of hydrogen-bond donors (Lipinski definition) is 2. The molecule has 0 radical (unpaired) electrons. The fraction of sp³-hybridized carbons (Fsp3) is 0.375. The fourth-order valence-electron chi connectivity index (χ4n) is 2.25. The van der Waals surface area contributed by atoms with E-state index in [4.69, 9.17) is 0 Å². The fourth-order valence-corrected chi connectivity index (χ4v) is 2.25. The number of halogens is 3. The number of aryl methyl sites for hydroxylation is 1. The lowest BCUT2D eigenvalue weighted by molar-refractivity contribution is -0.159.